The van der Waals surface area contributed by atoms with Gasteiger partial charge in [0, 0.05) is 148 Å². The number of amides is 4. The number of aliphatic hydroxyl groups is 1. The zero-order chi connectivity index (χ0) is 103. The number of nitro benzene ring substituents is 5. The molecular weight excluding hydrogens is 2100 g/mol. The average molecular weight is 2220 g/mol. The van der Waals surface area contributed by atoms with E-state index in [2.05, 4.69) is 38.9 Å². The number of fused-ring (bicyclic) bond motifs is 2. The van der Waals surface area contributed by atoms with Crippen molar-refractivity contribution in [2.45, 2.75) is 111 Å². The number of non-ortho nitro benzene ring substituents is 5. The Labute approximate surface area is 884 Å². The van der Waals surface area contributed by atoms with Gasteiger partial charge in [-0.1, -0.05) is 135 Å². The molecule has 4 amide bonds. The summed E-state index contributed by atoms with van der Waals surface area (Å²) in [6, 6.07) is 28.1. The smallest absolute Gasteiger partial charge is 0.870 e. The van der Waals surface area contributed by atoms with Crippen LogP contribution in [0.4, 0.5) is 92.8 Å². The number of carbonyl (C=O) groups is 4. The SMILES string of the molecule is C.C.C.C.COC(=O)Cc1cc([N+](=O)[O-])ccc1Cl.COCOCCc1cc(N)ccc1Cl.COCOCCc1cc([N+](=O)[O-])ccc1Cl.COCOCCc1cc2c(cc1Cl)[C@@](/C=C/C1CC1)(C(F)(F)F)NC(=O)N2.CPC.Nc1cc([N+](=O)[O-])ccc1Cl.O=C(O)c1cc([N+](=O)[O-])ccc1Cl.O=C1Nc2cc(CCO)c(Cl)cc2[C@@](/C=C/C2CC2)(C(F)(F)F)N1.OO.[C-]#[N+]c1cc([N+](=O)[O-])ccc1Cl.[HH].[Na+].[OH-]. The minimum absolute atomic E-state index is 0. The fraction of sp³-hybridized carbons (Fsp3) is 0.360. The molecule has 0 unspecified atom stereocenters. The summed E-state index contributed by atoms with van der Waals surface area (Å²) in [5.74, 6) is -1.54. The van der Waals surface area contributed by atoms with Crippen molar-refractivity contribution in [2.24, 2.45) is 11.8 Å². The van der Waals surface area contributed by atoms with Crippen LogP contribution in [0.5, 0.6) is 0 Å². The van der Waals surface area contributed by atoms with Crippen LogP contribution in [-0.2, 0) is 81.1 Å². The molecule has 2 fully saturated rings. The van der Waals surface area contributed by atoms with E-state index in [0.29, 0.717) is 70.2 Å². The van der Waals surface area contributed by atoms with Crippen molar-refractivity contribution < 1.29 is 160 Å². The maximum atomic E-state index is 14.1. The number of alkyl halides is 6. The first-order valence-electron chi connectivity index (χ1n) is 39.3. The first-order chi connectivity index (χ1) is 64.6. The van der Waals surface area contributed by atoms with Crippen LogP contribution in [0.15, 0.2) is 158 Å². The third-order valence-corrected chi connectivity index (χ3v) is 21.0. The number of nitrogens with zero attached hydrogens (tertiary/aromatic N) is 6. The molecule has 2 atom stereocenters. The number of nitro groups is 5. The molecule has 0 bridgehead atoms. The van der Waals surface area contributed by atoms with Crippen LogP contribution in [0.2, 0.25) is 40.2 Å². The number of methoxy groups -OCH3 is 4. The van der Waals surface area contributed by atoms with Crippen LogP contribution >= 0.6 is 101 Å². The van der Waals surface area contributed by atoms with Crippen molar-refractivity contribution in [3.05, 3.63) is 304 Å². The summed E-state index contributed by atoms with van der Waals surface area (Å²) >= 11 is 46.6. The number of carbonyl (C=O) groups excluding carboxylic acids is 3. The maximum absolute atomic E-state index is 14.1. The molecule has 4 aliphatic rings. The summed E-state index contributed by atoms with van der Waals surface area (Å²) < 4.78 is 118. The Morgan fingerprint density at radius 2 is 0.825 bits per heavy atom. The number of anilines is 4. The Kier molecular flexibility index (Phi) is 67.8. The van der Waals surface area contributed by atoms with Crippen LogP contribution in [0.25, 0.3) is 4.85 Å². The molecule has 0 saturated heterocycles. The number of aromatic carboxylic acids is 1. The third kappa shape index (κ3) is 46.3. The zero-order valence-electron chi connectivity index (χ0n) is 74.4. The second-order valence-corrected chi connectivity index (χ2v) is 32.4. The molecule has 2 aliphatic carbocycles. The van der Waals surface area contributed by atoms with Gasteiger partial charge in [-0.05, 0) is 189 Å². The number of carboxylic acids is 1. The molecule has 13 N–H and O–H groups in total. The number of benzene rings is 8. The van der Waals surface area contributed by atoms with E-state index in [-0.39, 0.29) is 206 Å². The summed E-state index contributed by atoms with van der Waals surface area (Å²) in [5, 5.41) is 92.6. The van der Waals surface area contributed by atoms with Gasteiger partial charge in [-0.2, -0.15) is 26.3 Å². The van der Waals surface area contributed by atoms with Gasteiger partial charge in [0.2, 0.25) is 5.69 Å². The fourth-order valence-electron chi connectivity index (χ4n) is 11.2. The van der Waals surface area contributed by atoms with Crippen LogP contribution in [0.3, 0.4) is 0 Å². The molecule has 786 valence electrons. The van der Waals surface area contributed by atoms with E-state index in [1.807, 2.05) is 11.4 Å². The molecule has 0 radical (unpaired) electrons. The van der Waals surface area contributed by atoms with Gasteiger partial charge < -0.3 is 81.6 Å². The number of aliphatic hydroxyl groups excluding tert-OH is 1. The number of nitrogens with two attached hydrogens (primary N) is 2. The third-order valence-electron chi connectivity index (χ3n) is 18.2. The molecule has 8 aromatic rings. The van der Waals surface area contributed by atoms with E-state index in [4.69, 9.17) is 160 Å². The predicted molar refractivity (Wildman–Crippen MR) is 538 cm³/mol. The monoisotopic (exact) mass is 2210 g/mol. The number of carboxylic acid groups (broad SMARTS) is 1. The van der Waals surface area contributed by atoms with Crippen molar-refractivity contribution in [2.75, 3.05) is 111 Å². The number of halogens is 14. The minimum Gasteiger partial charge on any atom is -0.870 e. The average Bonchev–Trinajstić information content (AvgIpc) is 1.16. The van der Waals surface area contributed by atoms with Crippen molar-refractivity contribution in [3.63, 3.8) is 0 Å². The Hall–Kier alpha value is -10.3. The second-order valence-electron chi connectivity index (χ2n) is 28.2. The summed E-state index contributed by atoms with van der Waals surface area (Å²) in [6.07, 6.45) is 0.765. The van der Waals surface area contributed by atoms with Gasteiger partial charge in [-0.15, -0.1) is 8.58 Å². The Balaban J connectivity index is -0.000000513. The number of rotatable bonds is 29. The number of allylic oxidation sites excluding steroid dienone is 2. The van der Waals surface area contributed by atoms with Crippen molar-refractivity contribution in [1.29, 1.82) is 0 Å². The first-order valence-corrected chi connectivity index (χ1v) is 44.3. The van der Waals surface area contributed by atoms with Crippen LogP contribution in [0.1, 0.15) is 106 Å². The number of urea groups is 2. The normalized spacial score (nSPS) is 14.0. The number of nitrogen functional groups attached to an aromatic ring is 2. The fourth-order valence-corrected chi connectivity index (χ4v) is 12.8. The second kappa shape index (κ2) is 69.7. The van der Waals surface area contributed by atoms with Gasteiger partial charge in [0.25, 0.3) is 28.4 Å². The molecule has 2 heterocycles. The van der Waals surface area contributed by atoms with Crippen LogP contribution in [-0.4, -0.2) is 176 Å². The van der Waals surface area contributed by atoms with Crippen molar-refractivity contribution in [3.8, 4) is 0 Å². The minimum atomic E-state index is -4.73. The summed E-state index contributed by atoms with van der Waals surface area (Å²) in [7, 11) is 6.93. The molecular formula is C89H110Cl8F6N12NaO26P. The van der Waals surface area contributed by atoms with Gasteiger partial charge in [0.05, 0.1) is 85.8 Å². The predicted octanol–water partition coefficient (Wildman–Crippen LogP) is 21.7. The van der Waals surface area contributed by atoms with Gasteiger partial charge in [-0.25, -0.2) is 19.2 Å². The summed E-state index contributed by atoms with van der Waals surface area (Å²) in [5.41, 5.74) is 8.98. The van der Waals surface area contributed by atoms with E-state index in [0.717, 1.165) is 87.3 Å². The molecule has 8 aromatic carbocycles. The first kappa shape index (κ1) is 139. The summed E-state index contributed by atoms with van der Waals surface area (Å²) in [4.78, 5) is 97.3. The number of hydrogen-bond donors (Lipinski definition) is 10. The van der Waals surface area contributed by atoms with E-state index >= 15 is 0 Å². The molecule has 12 rings (SSSR count). The van der Waals surface area contributed by atoms with E-state index in [1.165, 1.54) is 131 Å². The molecule has 38 nitrogen and oxygen atoms in total. The van der Waals surface area contributed by atoms with Gasteiger partial charge in [0.1, 0.15) is 20.4 Å². The molecule has 0 aromatic heterocycles. The summed E-state index contributed by atoms with van der Waals surface area (Å²) in [6.45, 7) is 12.6. The standard InChI is InChI=1S/C18H20ClF3N2O3.C16H16ClF3N2O2.C10H12ClNO4.C10H14ClNO2.C9H8ClNO4.C7H3ClN2O2.C7H4ClNO4.C6H5ClN2O2.C2H7P.4CH4.Na.H2O2.H2O.H2/c1-26-10-27-7-5-12-8-15-13(9-14(12)19)17(18(20,21)22,24-16(25)23-15)6-4-11-2-3-11;17-12-8-11-13(7-10(12)4-6-23)21-14(24)22-15(11,16(18,19)20)5-3-9-1-2-9;1-15-7-16-5-4-8-6-9(12(13)14)2-3-10(8)11;1-13-7-14-5-4-8-6-9(12)2-3-10(8)11;1-15-9(12)5-6-4-7(11(13)14)2-3-8(6)10;1-9-7-4-5(10(11)12)2-3-6(7)8;8-6-2-1-4(9(12)13)3-5(6)7(10)11;7-5-2-1-4(9(10)11)3-6(5)8;1-3-2;;;;;;1-2;;/h4,6,8-9,11H,2-3,5,7,10H2,1H3,(H2,23,24,25);3,5,7-9,23H,1-2,4,6H2,(H2,21,22,24);2-3,6H,4-5,7H2,1H3;2-3,6H,4-5,7,12H2,1H3;2-4H,5H2,1H3;2-4H;1-3H,(H,10,11);1-3H,8H2;3H,1-2H3;4*1H4;;1-2H;1H2;1H/q;;;;;;;;;;;;;+1;;;/p-1/b6-4+;5-3+;;;;;;;;;;;;;;;/t17-;15-;;;;;;;;;;;;;;;/m00.............../s1. The van der Waals surface area contributed by atoms with E-state index in [1.54, 1.807) is 19.2 Å². The Morgan fingerprint density at radius 3 is 1.17 bits per heavy atom. The molecule has 143 heavy (non-hydrogen) atoms. The van der Waals surface area contributed by atoms with Gasteiger partial charge in [-0.3, -0.25) is 65.9 Å². The van der Waals surface area contributed by atoms with Crippen LogP contribution < -0.4 is 62.3 Å². The van der Waals surface area contributed by atoms with Crippen molar-refractivity contribution in [1.82, 2.24) is 10.6 Å². The molecule has 2 aliphatic heterocycles. The van der Waals surface area contributed by atoms with Gasteiger partial charge in [0.15, 0.2) is 11.1 Å². The maximum Gasteiger partial charge on any atom is 1.00 e. The van der Waals surface area contributed by atoms with E-state index in [9.17, 15) is 96.1 Å². The number of hydrogen-bond acceptors (Lipinski definition) is 27. The van der Waals surface area contributed by atoms with Gasteiger partial charge >= 0.3 is 65.9 Å². The number of esters is 1. The Morgan fingerprint density at radius 1 is 0.503 bits per heavy atom. The topological polar surface area (TPSA) is 564 Å². The van der Waals surface area contributed by atoms with Crippen molar-refractivity contribution >= 4 is 182 Å². The van der Waals surface area contributed by atoms with Crippen LogP contribution in [0, 0.1) is 69.0 Å². The molecule has 0 spiro atoms. The Bertz CT molecular complexity index is 5590. The molecule has 54 heteroatoms. The largest absolute Gasteiger partial charge is 1.00 e. The van der Waals surface area contributed by atoms with E-state index < -0.39 is 72.0 Å². The molecule has 2 saturated carbocycles. The quantitative estimate of drug-likeness (QED) is 0.00169. The zero-order valence-corrected chi connectivity index (χ0v) is 83.5. The number of nitrogens with one attached hydrogen (secondary N) is 4. The number of ether oxygens (including phenoxy) is 7.